The average molecular weight is 422 g/mol. The van der Waals surface area contributed by atoms with E-state index in [4.69, 9.17) is 17.3 Å². The quantitative estimate of drug-likeness (QED) is 0.547. The van der Waals surface area contributed by atoms with Crippen molar-refractivity contribution in [2.75, 3.05) is 13.1 Å². The zero-order valence-corrected chi connectivity index (χ0v) is 16.9. The van der Waals surface area contributed by atoms with E-state index in [1.54, 1.807) is 15.8 Å². The Hall–Kier alpha value is -3.39. The van der Waals surface area contributed by atoms with Crippen LogP contribution >= 0.6 is 11.6 Å². The van der Waals surface area contributed by atoms with Crippen LogP contribution in [0.15, 0.2) is 55.1 Å². The molecule has 0 saturated carbocycles. The average Bonchev–Trinajstić information content (AvgIpc) is 3.40. The Morgan fingerprint density at radius 2 is 1.87 bits per heavy atom. The van der Waals surface area contributed by atoms with Gasteiger partial charge in [-0.05, 0) is 49.1 Å². The molecule has 2 amide bonds. The highest BCUT2D eigenvalue weighted by Gasteiger charge is 2.30. The van der Waals surface area contributed by atoms with Crippen LogP contribution in [-0.2, 0) is 0 Å². The molecule has 0 aliphatic carbocycles. The van der Waals surface area contributed by atoms with Gasteiger partial charge in [0.2, 0.25) is 0 Å². The van der Waals surface area contributed by atoms with E-state index in [-0.39, 0.29) is 11.9 Å². The van der Waals surface area contributed by atoms with Crippen molar-refractivity contribution in [3.63, 3.8) is 0 Å². The molecule has 3 aromatic heterocycles. The van der Waals surface area contributed by atoms with Crippen LogP contribution in [0.2, 0.25) is 5.02 Å². The lowest BCUT2D eigenvalue weighted by atomic mass is 9.88. The summed E-state index contributed by atoms with van der Waals surface area (Å²) in [5, 5.41) is 10.1. The van der Waals surface area contributed by atoms with Gasteiger partial charge in [0, 0.05) is 40.9 Å². The number of carbonyl (C=O) groups is 1. The van der Waals surface area contributed by atoms with Gasteiger partial charge in [-0.25, -0.2) is 9.48 Å². The second-order valence-electron chi connectivity index (χ2n) is 7.39. The van der Waals surface area contributed by atoms with Crippen LogP contribution in [0.1, 0.15) is 24.3 Å². The number of piperidine rings is 1. The van der Waals surface area contributed by atoms with Crippen molar-refractivity contribution in [2.45, 2.75) is 18.8 Å². The van der Waals surface area contributed by atoms with E-state index >= 15 is 0 Å². The van der Waals surface area contributed by atoms with Gasteiger partial charge in [0.05, 0.1) is 24.1 Å². The first-order valence-electron chi connectivity index (χ1n) is 9.79. The fraction of sp³-hybridized carbons (Fsp3) is 0.238. The molecule has 8 nitrogen and oxygen atoms in total. The first-order chi connectivity index (χ1) is 14.6. The molecule has 2 N–H and O–H groups in total. The maximum atomic E-state index is 11.6. The Balaban J connectivity index is 1.73. The van der Waals surface area contributed by atoms with Crippen molar-refractivity contribution < 1.29 is 4.79 Å². The van der Waals surface area contributed by atoms with Gasteiger partial charge in [0.1, 0.15) is 5.82 Å². The number of hydrogen-bond donors (Lipinski definition) is 1. The fourth-order valence-electron chi connectivity index (χ4n) is 4.34. The lowest BCUT2D eigenvalue weighted by Crippen LogP contribution is -2.41. The smallest absolute Gasteiger partial charge is 0.314 e. The molecule has 152 valence electrons. The van der Waals surface area contributed by atoms with Crippen LogP contribution in [0.3, 0.4) is 0 Å². The highest BCUT2D eigenvalue weighted by atomic mass is 35.5. The number of rotatable bonds is 3. The second kappa shape index (κ2) is 7.46. The Morgan fingerprint density at radius 3 is 2.53 bits per heavy atom. The molecule has 9 heteroatoms. The van der Waals surface area contributed by atoms with E-state index in [0.29, 0.717) is 18.1 Å². The summed E-state index contributed by atoms with van der Waals surface area (Å²) in [6.45, 7) is 1.27. The summed E-state index contributed by atoms with van der Waals surface area (Å²) >= 11 is 6.13. The Kier molecular flexibility index (Phi) is 4.63. The van der Waals surface area contributed by atoms with E-state index in [9.17, 15) is 4.79 Å². The molecule has 0 radical (unpaired) electrons. The van der Waals surface area contributed by atoms with Crippen LogP contribution in [0.25, 0.3) is 22.4 Å². The summed E-state index contributed by atoms with van der Waals surface area (Å²) in [5.41, 5.74) is 8.61. The molecule has 5 rings (SSSR count). The molecule has 1 saturated heterocycles. The standard InChI is InChI=1S/C21H20ClN7O/c22-15-1-3-16(4-2-15)29-18-13-24-8-5-17(18)19(20(29)28-12-9-25-26-28)14-6-10-27(11-7-14)21(23)30/h1-5,8-9,12-14H,6-7,10-11H2,(H2,23,30). The minimum atomic E-state index is -0.363. The number of pyridine rings is 1. The molecule has 1 aliphatic rings. The van der Waals surface area contributed by atoms with Gasteiger partial charge in [-0.2, -0.15) is 0 Å². The number of primary amides is 1. The first-order valence-corrected chi connectivity index (χ1v) is 10.2. The molecule has 0 bridgehead atoms. The van der Waals surface area contributed by atoms with Crippen molar-refractivity contribution in [3.8, 4) is 11.5 Å². The van der Waals surface area contributed by atoms with E-state index in [0.717, 1.165) is 35.2 Å². The van der Waals surface area contributed by atoms with Crippen molar-refractivity contribution in [2.24, 2.45) is 5.73 Å². The predicted molar refractivity (Wildman–Crippen MR) is 114 cm³/mol. The normalized spacial score (nSPS) is 15.0. The molecular weight excluding hydrogens is 402 g/mol. The molecule has 1 fully saturated rings. The Bertz CT molecular complexity index is 1190. The summed E-state index contributed by atoms with van der Waals surface area (Å²) in [5.74, 6) is 1.17. The molecule has 4 heterocycles. The van der Waals surface area contributed by atoms with Crippen molar-refractivity contribution >= 4 is 28.5 Å². The van der Waals surface area contributed by atoms with Crippen LogP contribution in [0.5, 0.6) is 0 Å². The zero-order chi connectivity index (χ0) is 20.7. The molecule has 1 aromatic carbocycles. The third kappa shape index (κ3) is 3.09. The lowest BCUT2D eigenvalue weighted by Gasteiger charge is -2.31. The number of likely N-dealkylation sites (tertiary alicyclic amines) is 1. The van der Waals surface area contributed by atoms with Gasteiger partial charge in [0.15, 0.2) is 0 Å². The zero-order valence-electron chi connectivity index (χ0n) is 16.1. The molecule has 0 spiro atoms. The molecule has 0 atom stereocenters. The Morgan fingerprint density at radius 1 is 1.10 bits per heavy atom. The van der Waals surface area contributed by atoms with Crippen LogP contribution in [-0.4, -0.2) is 48.6 Å². The number of nitrogens with two attached hydrogens (primary N) is 1. The van der Waals surface area contributed by atoms with Crippen LogP contribution in [0, 0.1) is 0 Å². The summed E-state index contributed by atoms with van der Waals surface area (Å²) < 4.78 is 3.94. The summed E-state index contributed by atoms with van der Waals surface area (Å²) in [6.07, 6.45) is 8.84. The highest BCUT2D eigenvalue weighted by Crippen LogP contribution is 2.40. The van der Waals surface area contributed by atoms with Gasteiger partial charge >= 0.3 is 6.03 Å². The van der Waals surface area contributed by atoms with E-state index in [1.807, 2.05) is 48.9 Å². The van der Waals surface area contributed by atoms with E-state index < -0.39 is 0 Å². The predicted octanol–water partition coefficient (Wildman–Crippen LogP) is 3.52. The van der Waals surface area contributed by atoms with Gasteiger partial charge < -0.3 is 10.6 Å². The van der Waals surface area contributed by atoms with Crippen molar-refractivity contribution in [1.82, 2.24) is 29.4 Å². The molecule has 0 unspecified atom stereocenters. The van der Waals surface area contributed by atoms with E-state index in [1.165, 1.54) is 5.56 Å². The van der Waals surface area contributed by atoms with Gasteiger partial charge in [-0.1, -0.05) is 16.8 Å². The molecule has 1 aliphatic heterocycles. The number of aromatic nitrogens is 5. The molecule has 4 aromatic rings. The van der Waals surface area contributed by atoms with Crippen LogP contribution < -0.4 is 5.73 Å². The topological polar surface area (TPSA) is 94.9 Å². The summed E-state index contributed by atoms with van der Waals surface area (Å²) in [4.78, 5) is 17.7. The number of halogens is 1. The number of amides is 2. The van der Waals surface area contributed by atoms with Crippen molar-refractivity contribution in [3.05, 3.63) is 65.7 Å². The number of benzene rings is 1. The third-order valence-corrected chi connectivity index (χ3v) is 5.98. The minimum Gasteiger partial charge on any atom is -0.351 e. The number of nitrogens with zero attached hydrogens (tertiary/aromatic N) is 6. The summed E-state index contributed by atoms with van der Waals surface area (Å²) in [7, 11) is 0. The van der Waals surface area contributed by atoms with E-state index in [2.05, 4.69) is 19.9 Å². The second-order valence-corrected chi connectivity index (χ2v) is 7.83. The maximum Gasteiger partial charge on any atom is 0.314 e. The SMILES string of the molecule is NC(=O)N1CCC(c2c(-n3ccnn3)n(-c3ccc(Cl)cc3)c3cnccc23)CC1. The monoisotopic (exact) mass is 421 g/mol. The van der Waals surface area contributed by atoms with Gasteiger partial charge in [0.25, 0.3) is 0 Å². The minimum absolute atomic E-state index is 0.248. The highest BCUT2D eigenvalue weighted by molar-refractivity contribution is 6.30. The van der Waals surface area contributed by atoms with Crippen LogP contribution in [0.4, 0.5) is 4.79 Å². The number of fused-ring (bicyclic) bond motifs is 1. The van der Waals surface area contributed by atoms with Gasteiger partial charge in [-0.3, -0.25) is 9.55 Å². The third-order valence-electron chi connectivity index (χ3n) is 5.72. The van der Waals surface area contributed by atoms with Crippen molar-refractivity contribution in [1.29, 1.82) is 0 Å². The fourth-order valence-corrected chi connectivity index (χ4v) is 4.46. The maximum absolute atomic E-state index is 11.6. The largest absolute Gasteiger partial charge is 0.351 e. The molecule has 30 heavy (non-hydrogen) atoms. The summed E-state index contributed by atoms with van der Waals surface area (Å²) in [6, 6.07) is 9.38. The number of hydrogen-bond acceptors (Lipinski definition) is 4. The van der Waals surface area contributed by atoms with Gasteiger partial charge in [-0.15, -0.1) is 5.10 Å². The molecular formula is C21H20ClN7O. The lowest BCUT2D eigenvalue weighted by molar-refractivity contribution is 0.191. The Labute approximate surface area is 177 Å². The number of carbonyl (C=O) groups excluding carboxylic acids is 1. The first kappa shape index (κ1) is 18.6. The number of urea groups is 1.